The molecule has 0 aromatic rings. The van der Waals surface area contributed by atoms with Crippen molar-refractivity contribution in [1.29, 1.82) is 0 Å². The van der Waals surface area contributed by atoms with Gasteiger partial charge >= 0.3 is 6.09 Å². The fourth-order valence-corrected chi connectivity index (χ4v) is 1.39. The van der Waals surface area contributed by atoms with Gasteiger partial charge in [-0.05, 0) is 18.8 Å². The van der Waals surface area contributed by atoms with Gasteiger partial charge in [0.25, 0.3) is 0 Å². The monoisotopic (exact) mass is 217 g/mol. The molecule has 4 heteroatoms. The van der Waals surface area contributed by atoms with Crippen LogP contribution in [0.25, 0.3) is 0 Å². The minimum absolute atomic E-state index is 0.0193. The Labute approximate surface area is 91.4 Å². The summed E-state index contributed by atoms with van der Waals surface area (Å²) in [7, 11) is 0. The summed E-state index contributed by atoms with van der Waals surface area (Å²) in [6.07, 6.45) is 3.33. The lowest BCUT2D eigenvalue weighted by molar-refractivity contribution is 0.0875. The molecule has 0 N–H and O–H groups in total. The van der Waals surface area contributed by atoms with Crippen molar-refractivity contribution in [3.63, 3.8) is 0 Å². The highest BCUT2D eigenvalue weighted by atomic mass is 32.1. The summed E-state index contributed by atoms with van der Waals surface area (Å²) in [5.74, 6) is 0.523. The van der Waals surface area contributed by atoms with Gasteiger partial charge in [-0.1, -0.05) is 33.6 Å². The van der Waals surface area contributed by atoms with Crippen LogP contribution in [0.15, 0.2) is 4.36 Å². The Bertz CT molecular complexity index is 183. The number of rotatable bonds is 6. The number of hydrogen-bond donors (Lipinski definition) is 0. The topological polar surface area (TPSA) is 38.7 Å². The van der Waals surface area contributed by atoms with E-state index >= 15 is 0 Å². The third-order valence-corrected chi connectivity index (χ3v) is 2.11. The lowest BCUT2D eigenvalue weighted by atomic mass is 10.0. The molecule has 0 saturated carbocycles. The summed E-state index contributed by atoms with van der Waals surface area (Å²) in [4.78, 5) is 10.9. The molecule has 0 aromatic heterocycles. The number of amides is 1. The Balaban J connectivity index is 3.95. The van der Waals surface area contributed by atoms with Crippen molar-refractivity contribution >= 4 is 18.5 Å². The zero-order chi connectivity index (χ0) is 11.0. The molecular formula is C10H19NO2S. The van der Waals surface area contributed by atoms with E-state index in [2.05, 4.69) is 37.6 Å². The molecule has 1 atom stereocenters. The quantitative estimate of drug-likeness (QED) is 0.684. The van der Waals surface area contributed by atoms with Gasteiger partial charge in [0.05, 0.1) is 0 Å². The number of ether oxygens (including phenoxy) is 1. The fourth-order valence-electron chi connectivity index (χ4n) is 1.35. The zero-order valence-electron chi connectivity index (χ0n) is 9.16. The van der Waals surface area contributed by atoms with E-state index in [0.29, 0.717) is 5.92 Å². The Morgan fingerprint density at radius 3 is 2.57 bits per heavy atom. The number of hydrogen-bond acceptors (Lipinski definition) is 3. The van der Waals surface area contributed by atoms with Gasteiger partial charge in [-0.15, -0.1) is 4.36 Å². The number of unbranched alkanes of at least 4 members (excludes halogenated alkanes) is 1. The molecule has 0 heterocycles. The molecule has 3 nitrogen and oxygen atoms in total. The van der Waals surface area contributed by atoms with Crippen LogP contribution in [-0.4, -0.2) is 12.2 Å². The molecule has 0 radical (unpaired) electrons. The van der Waals surface area contributed by atoms with Gasteiger partial charge in [0.15, 0.2) is 0 Å². The van der Waals surface area contributed by atoms with Crippen LogP contribution < -0.4 is 0 Å². The van der Waals surface area contributed by atoms with Gasteiger partial charge in [0, 0.05) is 12.4 Å². The van der Waals surface area contributed by atoms with Crippen molar-refractivity contribution in [3.8, 4) is 0 Å². The molecule has 0 spiro atoms. The van der Waals surface area contributed by atoms with E-state index in [1.807, 2.05) is 0 Å². The average molecular weight is 217 g/mol. The van der Waals surface area contributed by atoms with Crippen LogP contribution in [0.1, 0.15) is 46.5 Å². The summed E-state index contributed by atoms with van der Waals surface area (Å²) in [6.45, 7) is 6.33. The molecular weight excluding hydrogens is 198 g/mol. The predicted molar refractivity (Wildman–Crippen MR) is 59.0 cm³/mol. The Morgan fingerprint density at radius 2 is 2.14 bits per heavy atom. The lowest BCUT2D eigenvalue weighted by Gasteiger charge is -2.17. The molecule has 0 saturated heterocycles. The van der Waals surface area contributed by atoms with Gasteiger partial charge in [-0.25, -0.2) is 4.79 Å². The first-order chi connectivity index (χ1) is 6.60. The molecule has 0 aliphatic heterocycles. The summed E-state index contributed by atoms with van der Waals surface area (Å²) >= 11 is 4.27. The largest absolute Gasteiger partial charge is 0.445 e. The van der Waals surface area contributed by atoms with E-state index < -0.39 is 6.09 Å². The second kappa shape index (κ2) is 7.85. The van der Waals surface area contributed by atoms with Crippen LogP contribution in [0.2, 0.25) is 0 Å². The predicted octanol–water partition coefficient (Wildman–Crippen LogP) is 3.46. The van der Waals surface area contributed by atoms with Crippen molar-refractivity contribution in [1.82, 2.24) is 0 Å². The van der Waals surface area contributed by atoms with Crippen LogP contribution >= 0.6 is 0 Å². The first kappa shape index (κ1) is 13.5. The van der Waals surface area contributed by atoms with Crippen molar-refractivity contribution < 1.29 is 9.53 Å². The molecule has 1 unspecified atom stereocenters. The van der Waals surface area contributed by atoms with Gasteiger partial charge in [-0.2, -0.15) is 0 Å². The number of carbonyl (C=O) groups is 1. The summed E-state index contributed by atoms with van der Waals surface area (Å²) in [5, 5.41) is 0. The highest BCUT2D eigenvalue weighted by molar-refractivity contribution is 7.47. The van der Waals surface area contributed by atoms with E-state index in [4.69, 9.17) is 4.74 Å². The second-order valence-electron chi connectivity index (χ2n) is 3.87. The van der Waals surface area contributed by atoms with Gasteiger partial charge in [-0.3, -0.25) is 0 Å². The van der Waals surface area contributed by atoms with E-state index in [-0.39, 0.29) is 6.10 Å². The van der Waals surface area contributed by atoms with Crippen molar-refractivity contribution in [3.05, 3.63) is 0 Å². The third-order valence-electron chi connectivity index (χ3n) is 1.96. The second-order valence-corrected chi connectivity index (χ2v) is 4.05. The molecule has 0 aromatic carbocycles. The van der Waals surface area contributed by atoms with Gasteiger partial charge in [0.1, 0.15) is 6.10 Å². The van der Waals surface area contributed by atoms with Crippen LogP contribution in [0.3, 0.4) is 0 Å². The maximum absolute atomic E-state index is 10.9. The molecule has 0 fully saturated rings. The number of carbonyl (C=O) groups excluding carboxylic acids is 1. The minimum Gasteiger partial charge on any atom is -0.444 e. The molecule has 1 amide bonds. The first-order valence-corrected chi connectivity index (χ1v) is 5.50. The maximum Gasteiger partial charge on any atom is 0.445 e. The Morgan fingerprint density at radius 1 is 1.50 bits per heavy atom. The smallest absolute Gasteiger partial charge is 0.444 e. The zero-order valence-corrected chi connectivity index (χ0v) is 9.97. The van der Waals surface area contributed by atoms with Crippen molar-refractivity contribution in [2.45, 2.75) is 52.6 Å². The molecule has 14 heavy (non-hydrogen) atoms. The summed E-state index contributed by atoms with van der Waals surface area (Å²) < 4.78 is 8.17. The third kappa shape index (κ3) is 6.95. The normalized spacial score (nSPS) is 12.6. The molecule has 0 bridgehead atoms. The highest BCUT2D eigenvalue weighted by Crippen LogP contribution is 2.15. The molecule has 0 aliphatic carbocycles. The first-order valence-electron chi connectivity index (χ1n) is 5.14. The van der Waals surface area contributed by atoms with Crippen molar-refractivity contribution in [2.24, 2.45) is 10.3 Å². The Hall–Kier alpha value is -0.510. The van der Waals surface area contributed by atoms with Crippen LogP contribution in [0.4, 0.5) is 4.79 Å². The van der Waals surface area contributed by atoms with Crippen LogP contribution in [0, 0.1) is 5.92 Å². The van der Waals surface area contributed by atoms with E-state index in [9.17, 15) is 4.79 Å². The maximum atomic E-state index is 10.9. The van der Waals surface area contributed by atoms with Gasteiger partial charge in [0.2, 0.25) is 0 Å². The highest BCUT2D eigenvalue weighted by Gasteiger charge is 2.14. The summed E-state index contributed by atoms with van der Waals surface area (Å²) in [6, 6.07) is 0. The van der Waals surface area contributed by atoms with E-state index in [0.717, 1.165) is 25.7 Å². The summed E-state index contributed by atoms with van der Waals surface area (Å²) in [5.41, 5.74) is 0. The molecule has 0 aliphatic rings. The average Bonchev–Trinajstić information content (AvgIpc) is 2.13. The SMILES string of the molecule is CCCCC(CC(C)C)OC(=O)N=S. The standard InChI is InChI=1S/C10H19NO2S/c1-4-5-6-9(7-8(2)3)13-10(12)11-14/h8-9H,4-7H2,1-3H3. The molecule has 0 rings (SSSR count). The van der Waals surface area contributed by atoms with Crippen LogP contribution in [-0.2, 0) is 17.2 Å². The number of nitrogens with zero attached hydrogens (tertiary/aromatic N) is 1. The van der Waals surface area contributed by atoms with Crippen molar-refractivity contribution in [2.75, 3.05) is 0 Å². The van der Waals surface area contributed by atoms with E-state index in [1.165, 1.54) is 0 Å². The minimum atomic E-state index is -0.623. The van der Waals surface area contributed by atoms with Gasteiger partial charge < -0.3 is 4.74 Å². The molecule has 82 valence electrons. The fraction of sp³-hybridized carbons (Fsp3) is 0.900. The lowest BCUT2D eigenvalue weighted by Crippen LogP contribution is -2.18. The Kier molecular flexibility index (Phi) is 7.57. The van der Waals surface area contributed by atoms with Crippen LogP contribution in [0.5, 0.6) is 0 Å². The van der Waals surface area contributed by atoms with E-state index in [1.54, 1.807) is 0 Å².